The van der Waals surface area contributed by atoms with Gasteiger partial charge in [-0.15, -0.1) is 0 Å². The molecule has 0 aliphatic carbocycles. The summed E-state index contributed by atoms with van der Waals surface area (Å²) >= 11 is 0. The zero-order valence-corrected chi connectivity index (χ0v) is 5.82. The highest BCUT2D eigenvalue weighted by Crippen LogP contribution is 2.10. The van der Waals surface area contributed by atoms with E-state index in [2.05, 4.69) is 10.3 Å². The lowest BCUT2D eigenvalue weighted by Gasteiger charge is -2.19. The molecular formula is C6H8N4O. The molecule has 2 rings (SSSR count). The summed E-state index contributed by atoms with van der Waals surface area (Å²) in [6, 6.07) is -0.448. The van der Waals surface area contributed by atoms with E-state index in [1.165, 1.54) is 0 Å². The SMILES string of the molecule is NC1Cn2ccnc2NC1=O. The first-order valence-electron chi connectivity index (χ1n) is 3.35. The standard InChI is InChI=1S/C6H8N4O/c7-4-3-10-2-1-8-6(10)9-5(4)11/h1-2,4H,3,7H2,(H,8,9,11). The third kappa shape index (κ3) is 0.894. The van der Waals surface area contributed by atoms with Gasteiger partial charge in [0.15, 0.2) is 0 Å². The first kappa shape index (κ1) is 6.36. The lowest BCUT2D eigenvalue weighted by Crippen LogP contribution is -2.43. The van der Waals surface area contributed by atoms with Gasteiger partial charge in [-0.2, -0.15) is 0 Å². The molecule has 1 amide bonds. The van der Waals surface area contributed by atoms with Crippen LogP contribution in [0.25, 0.3) is 0 Å². The zero-order valence-electron chi connectivity index (χ0n) is 5.82. The third-order valence-electron chi connectivity index (χ3n) is 1.68. The van der Waals surface area contributed by atoms with E-state index in [1.807, 2.05) is 4.57 Å². The predicted molar refractivity (Wildman–Crippen MR) is 38.8 cm³/mol. The zero-order chi connectivity index (χ0) is 7.84. The first-order valence-corrected chi connectivity index (χ1v) is 3.35. The Kier molecular flexibility index (Phi) is 1.19. The largest absolute Gasteiger partial charge is 0.318 e. The van der Waals surface area contributed by atoms with Crippen LogP contribution in [0, 0.1) is 0 Å². The van der Waals surface area contributed by atoms with Crippen LogP contribution < -0.4 is 11.1 Å². The maximum atomic E-state index is 11.0. The molecule has 0 radical (unpaired) electrons. The molecule has 1 unspecified atom stereocenters. The fraction of sp³-hybridized carbons (Fsp3) is 0.333. The molecule has 3 N–H and O–H groups in total. The Balaban J connectivity index is 2.37. The summed E-state index contributed by atoms with van der Waals surface area (Å²) in [5.74, 6) is 0.417. The van der Waals surface area contributed by atoms with Crippen LogP contribution in [0.3, 0.4) is 0 Å². The molecule has 58 valence electrons. The number of imidazole rings is 1. The van der Waals surface area contributed by atoms with E-state index in [-0.39, 0.29) is 5.91 Å². The van der Waals surface area contributed by atoms with Gasteiger partial charge in [0.25, 0.3) is 0 Å². The van der Waals surface area contributed by atoms with E-state index in [4.69, 9.17) is 5.73 Å². The van der Waals surface area contributed by atoms with Crippen molar-refractivity contribution in [2.45, 2.75) is 12.6 Å². The molecule has 0 saturated carbocycles. The van der Waals surface area contributed by atoms with Crippen molar-refractivity contribution in [1.29, 1.82) is 0 Å². The number of carbonyl (C=O) groups is 1. The van der Waals surface area contributed by atoms with Gasteiger partial charge in [-0.25, -0.2) is 4.98 Å². The molecule has 1 aromatic heterocycles. The summed E-state index contributed by atoms with van der Waals surface area (Å²) in [5.41, 5.74) is 5.49. The second kappa shape index (κ2) is 2.06. The molecule has 0 aromatic carbocycles. The van der Waals surface area contributed by atoms with Crippen LogP contribution >= 0.6 is 0 Å². The maximum Gasteiger partial charge on any atom is 0.245 e. The molecule has 0 saturated heterocycles. The van der Waals surface area contributed by atoms with Crippen LogP contribution in [-0.4, -0.2) is 21.5 Å². The Labute approximate surface area is 63.2 Å². The van der Waals surface area contributed by atoms with Crippen molar-refractivity contribution >= 4 is 11.9 Å². The van der Waals surface area contributed by atoms with Crippen LogP contribution in [0.1, 0.15) is 0 Å². The number of nitrogens with two attached hydrogens (primary N) is 1. The van der Waals surface area contributed by atoms with Gasteiger partial charge >= 0.3 is 0 Å². The Morgan fingerprint density at radius 3 is 3.45 bits per heavy atom. The van der Waals surface area contributed by atoms with Gasteiger partial charge in [-0.3, -0.25) is 10.1 Å². The minimum absolute atomic E-state index is 0.163. The first-order chi connectivity index (χ1) is 5.27. The van der Waals surface area contributed by atoms with Crippen molar-refractivity contribution in [1.82, 2.24) is 9.55 Å². The quantitative estimate of drug-likeness (QED) is 0.509. The second-order valence-electron chi connectivity index (χ2n) is 2.50. The molecule has 0 spiro atoms. The second-order valence-corrected chi connectivity index (χ2v) is 2.50. The summed E-state index contributed by atoms with van der Waals surface area (Å²) in [7, 11) is 0. The van der Waals surface area contributed by atoms with Crippen molar-refractivity contribution in [2.75, 3.05) is 5.32 Å². The Bertz CT molecular complexity index is 293. The Morgan fingerprint density at radius 2 is 2.64 bits per heavy atom. The molecule has 2 heterocycles. The van der Waals surface area contributed by atoms with E-state index >= 15 is 0 Å². The molecule has 0 bridgehead atoms. The van der Waals surface area contributed by atoms with Crippen molar-refractivity contribution in [3.63, 3.8) is 0 Å². The van der Waals surface area contributed by atoms with E-state index in [0.717, 1.165) is 0 Å². The van der Waals surface area contributed by atoms with Crippen LogP contribution in [0.15, 0.2) is 12.4 Å². The summed E-state index contributed by atoms with van der Waals surface area (Å²) < 4.78 is 1.81. The van der Waals surface area contributed by atoms with Gasteiger partial charge in [-0.05, 0) is 0 Å². The minimum atomic E-state index is -0.448. The maximum absolute atomic E-state index is 11.0. The number of carbonyl (C=O) groups excluding carboxylic acids is 1. The lowest BCUT2D eigenvalue weighted by atomic mass is 10.2. The highest BCUT2D eigenvalue weighted by molar-refractivity contribution is 5.94. The lowest BCUT2D eigenvalue weighted by molar-refractivity contribution is -0.118. The number of fused-ring (bicyclic) bond motifs is 1. The smallest absolute Gasteiger partial charge is 0.245 e. The average molecular weight is 152 g/mol. The Hall–Kier alpha value is -1.36. The van der Waals surface area contributed by atoms with Gasteiger partial charge in [0, 0.05) is 18.9 Å². The van der Waals surface area contributed by atoms with E-state index < -0.39 is 6.04 Å². The number of amides is 1. The van der Waals surface area contributed by atoms with Gasteiger partial charge in [0.05, 0.1) is 0 Å². The molecule has 5 heteroatoms. The molecule has 11 heavy (non-hydrogen) atoms. The number of aromatic nitrogens is 2. The van der Waals surface area contributed by atoms with E-state index in [9.17, 15) is 4.79 Å². The van der Waals surface area contributed by atoms with Crippen LogP contribution in [0.2, 0.25) is 0 Å². The summed E-state index contributed by atoms with van der Waals surface area (Å²) in [5, 5.41) is 2.58. The molecule has 1 aliphatic heterocycles. The molecule has 1 aliphatic rings. The molecule has 5 nitrogen and oxygen atoms in total. The average Bonchev–Trinajstić information content (AvgIpc) is 2.36. The highest BCUT2D eigenvalue weighted by Gasteiger charge is 2.22. The third-order valence-corrected chi connectivity index (χ3v) is 1.68. The molecule has 1 atom stereocenters. The monoisotopic (exact) mass is 152 g/mol. The van der Waals surface area contributed by atoms with Gasteiger partial charge in [-0.1, -0.05) is 0 Å². The Morgan fingerprint density at radius 1 is 1.82 bits per heavy atom. The normalized spacial score (nSPS) is 22.6. The van der Waals surface area contributed by atoms with Crippen molar-refractivity contribution in [2.24, 2.45) is 5.73 Å². The highest BCUT2D eigenvalue weighted by atomic mass is 16.2. The molecular weight excluding hydrogens is 144 g/mol. The molecule has 1 aromatic rings. The summed E-state index contributed by atoms with van der Waals surface area (Å²) in [6.07, 6.45) is 3.42. The number of rotatable bonds is 0. The fourth-order valence-corrected chi connectivity index (χ4v) is 1.08. The van der Waals surface area contributed by atoms with Crippen molar-refractivity contribution in [3.8, 4) is 0 Å². The predicted octanol–water partition coefficient (Wildman–Crippen LogP) is -0.838. The van der Waals surface area contributed by atoms with E-state index in [0.29, 0.717) is 12.5 Å². The van der Waals surface area contributed by atoms with Crippen molar-refractivity contribution < 1.29 is 4.79 Å². The van der Waals surface area contributed by atoms with E-state index in [1.54, 1.807) is 12.4 Å². The number of anilines is 1. The number of hydrogen-bond acceptors (Lipinski definition) is 3. The van der Waals surface area contributed by atoms with Crippen LogP contribution in [0.4, 0.5) is 5.95 Å². The summed E-state index contributed by atoms with van der Waals surface area (Å²) in [4.78, 5) is 14.9. The summed E-state index contributed by atoms with van der Waals surface area (Å²) in [6.45, 7) is 0.515. The van der Waals surface area contributed by atoms with Crippen molar-refractivity contribution in [3.05, 3.63) is 12.4 Å². The van der Waals surface area contributed by atoms with Gasteiger partial charge < -0.3 is 10.3 Å². The number of hydrogen-bond donors (Lipinski definition) is 2. The number of nitrogens with zero attached hydrogens (tertiary/aromatic N) is 2. The fourth-order valence-electron chi connectivity index (χ4n) is 1.08. The van der Waals surface area contributed by atoms with Crippen LogP contribution in [-0.2, 0) is 11.3 Å². The van der Waals surface area contributed by atoms with Crippen LogP contribution in [0.5, 0.6) is 0 Å². The van der Waals surface area contributed by atoms with Gasteiger partial charge in [0.1, 0.15) is 6.04 Å². The topological polar surface area (TPSA) is 72.9 Å². The molecule has 0 fully saturated rings. The number of nitrogens with one attached hydrogen (secondary N) is 1. The van der Waals surface area contributed by atoms with Gasteiger partial charge in [0.2, 0.25) is 11.9 Å². The minimum Gasteiger partial charge on any atom is -0.318 e.